The normalized spacial score (nSPS) is 14.0. The number of carbonyl (C=O) groups excluding carboxylic acids is 1. The lowest BCUT2D eigenvalue weighted by Crippen LogP contribution is -2.46. The van der Waals surface area contributed by atoms with Crippen LogP contribution in [-0.4, -0.2) is 37.6 Å². The molecule has 0 radical (unpaired) electrons. The van der Waals surface area contributed by atoms with E-state index in [4.69, 9.17) is 15.2 Å². The molecule has 2 aromatic carbocycles. The Morgan fingerprint density at radius 2 is 1.73 bits per heavy atom. The molecule has 140 valence electrons. The van der Waals surface area contributed by atoms with Crippen LogP contribution < -0.4 is 15.2 Å². The van der Waals surface area contributed by atoms with Crippen LogP contribution in [0.4, 0.5) is 0 Å². The minimum Gasteiger partial charge on any atom is -0.493 e. The van der Waals surface area contributed by atoms with Gasteiger partial charge in [0.2, 0.25) is 5.91 Å². The fourth-order valence-electron chi connectivity index (χ4n) is 3.26. The lowest BCUT2D eigenvalue weighted by atomic mass is 9.97. The molecule has 26 heavy (non-hydrogen) atoms. The summed E-state index contributed by atoms with van der Waals surface area (Å²) in [4.78, 5) is 14.6. The van der Waals surface area contributed by atoms with Crippen LogP contribution in [0.15, 0.2) is 42.5 Å². The summed E-state index contributed by atoms with van der Waals surface area (Å²) in [6, 6.07) is 13.3. The molecule has 0 aliphatic carbocycles. The van der Waals surface area contributed by atoms with Crippen LogP contribution in [0.5, 0.6) is 11.5 Å². The first-order valence-corrected chi connectivity index (χ1v) is 8.44. The summed E-state index contributed by atoms with van der Waals surface area (Å²) in [5, 5.41) is 0. The van der Waals surface area contributed by atoms with E-state index >= 15 is 0 Å². The maximum atomic E-state index is 12.7. The van der Waals surface area contributed by atoms with E-state index < -0.39 is 6.04 Å². The first-order valence-electron chi connectivity index (χ1n) is 8.44. The maximum absolute atomic E-state index is 12.7. The Hall–Kier alpha value is -2.24. The maximum Gasteiger partial charge on any atom is 0.240 e. The van der Waals surface area contributed by atoms with E-state index in [2.05, 4.69) is 0 Å². The highest BCUT2D eigenvalue weighted by molar-refractivity contribution is 5.85. The fraction of sp³-hybridized carbons (Fsp3) is 0.350. The smallest absolute Gasteiger partial charge is 0.240 e. The molecule has 1 heterocycles. The van der Waals surface area contributed by atoms with Crippen LogP contribution in [0.25, 0.3) is 0 Å². The van der Waals surface area contributed by atoms with Crippen molar-refractivity contribution in [2.45, 2.75) is 25.4 Å². The van der Waals surface area contributed by atoms with Gasteiger partial charge in [-0.1, -0.05) is 30.3 Å². The van der Waals surface area contributed by atoms with Crippen molar-refractivity contribution in [3.63, 3.8) is 0 Å². The Bertz CT molecular complexity index is 752. The molecule has 0 aromatic heterocycles. The van der Waals surface area contributed by atoms with Gasteiger partial charge in [0.1, 0.15) is 0 Å². The average Bonchev–Trinajstić information content (AvgIpc) is 2.66. The number of rotatable bonds is 5. The van der Waals surface area contributed by atoms with Crippen molar-refractivity contribution in [1.82, 2.24) is 4.90 Å². The van der Waals surface area contributed by atoms with Crippen molar-refractivity contribution in [2.75, 3.05) is 20.8 Å². The van der Waals surface area contributed by atoms with Crippen molar-refractivity contribution in [2.24, 2.45) is 5.73 Å². The molecule has 1 amide bonds. The summed E-state index contributed by atoms with van der Waals surface area (Å²) in [6.45, 7) is 1.22. The molecule has 0 fully saturated rings. The molecule has 0 spiro atoms. The number of halogens is 1. The topological polar surface area (TPSA) is 64.8 Å². The lowest BCUT2D eigenvalue weighted by molar-refractivity contribution is -0.133. The number of methoxy groups -OCH3 is 2. The minimum absolute atomic E-state index is 0. The van der Waals surface area contributed by atoms with Gasteiger partial charge < -0.3 is 20.1 Å². The third-order valence-electron chi connectivity index (χ3n) is 4.65. The summed E-state index contributed by atoms with van der Waals surface area (Å²) in [5.41, 5.74) is 9.52. The second kappa shape index (κ2) is 8.92. The summed E-state index contributed by atoms with van der Waals surface area (Å²) >= 11 is 0. The number of benzene rings is 2. The van der Waals surface area contributed by atoms with Crippen molar-refractivity contribution in [3.05, 3.63) is 59.2 Å². The average molecular weight is 377 g/mol. The highest BCUT2D eigenvalue weighted by Crippen LogP contribution is 2.33. The van der Waals surface area contributed by atoms with Gasteiger partial charge >= 0.3 is 0 Å². The number of carbonyl (C=O) groups is 1. The zero-order chi connectivity index (χ0) is 17.8. The first kappa shape index (κ1) is 20.1. The van der Waals surface area contributed by atoms with E-state index in [9.17, 15) is 4.79 Å². The molecule has 1 aliphatic heterocycles. The Labute approximate surface area is 160 Å². The fourth-order valence-corrected chi connectivity index (χ4v) is 3.26. The molecule has 5 nitrogen and oxygen atoms in total. The third kappa shape index (κ3) is 4.29. The largest absolute Gasteiger partial charge is 0.493 e. The Balaban J connectivity index is 0.00000243. The predicted molar refractivity (Wildman–Crippen MR) is 104 cm³/mol. The zero-order valence-corrected chi connectivity index (χ0v) is 15.9. The number of amides is 1. The van der Waals surface area contributed by atoms with Gasteiger partial charge in [-0.25, -0.2) is 0 Å². The standard InChI is InChI=1S/C20H24N2O3.ClH/c1-24-18-11-15-8-9-22(13-16(15)12-19(18)25-2)20(23)17(21)10-14-6-4-3-5-7-14;/h3-7,11-12,17H,8-10,13,21H2,1-2H3;1H. The molecule has 3 rings (SSSR count). The van der Waals surface area contributed by atoms with Crippen LogP contribution in [0, 0.1) is 0 Å². The van der Waals surface area contributed by atoms with Gasteiger partial charge in [0.15, 0.2) is 11.5 Å². The molecule has 0 saturated carbocycles. The summed E-state index contributed by atoms with van der Waals surface area (Å²) < 4.78 is 10.7. The summed E-state index contributed by atoms with van der Waals surface area (Å²) in [5.74, 6) is 1.40. The van der Waals surface area contributed by atoms with E-state index in [-0.39, 0.29) is 18.3 Å². The number of hydrogen-bond donors (Lipinski definition) is 1. The van der Waals surface area contributed by atoms with Crippen LogP contribution in [0.3, 0.4) is 0 Å². The summed E-state index contributed by atoms with van der Waals surface area (Å²) in [7, 11) is 3.25. The van der Waals surface area contributed by atoms with Crippen LogP contribution in [0.1, 0.15) is 16.7 Å². The molecular weight excluding hydrogens is 352 g/mol. The van der Waals surface area contributed by atoms with Crippen LogP contribution in [0.2, 0.25) is 0 Å². The minimum atomic E-state index is -0.524. The number of nitrogens with zero attached hydrogens (tertiary/aromatic N) is 1. The van der Waals surface area contributed by atoms with E-state index in [0.29, 0.717) is 25.3 Å². The summed E-state index contributed by atoms with van der Waals surface area (Å²) in [6.07, 6.45) is 1.34. The van der Waals surface area contributed by atoms with Crippen molar-refractivity contribution in [3.8, 4) is 11.5 Å². The molecular formula is C20H25ClN2O3. The van der Waals surface area contributed by atoms with E-state index in [1.54, 1.807) is 14.2 Å². The number of hydrogen-bond acceptors (Lipinski definition) is 4. The van der Waals surface area contributed by atoms with Gasteiger partial charge in [-0.15, -0.1) is 12.4 Å². The van der Waals surface area contributed by atoms with Crippen LogP contribution in [-0.2, 0) is 24.2 Å². The molecule has 1 aliphatic rings. The Kier molecular flexibility index (Phi) is 6.89. The molecule has 0 saturated heterocycles. The number of ether oxygens (including phenoxy) is 2. The van der Waals surface area contributed by atoms with Crippen LogP contribution >= 0.6 is 12.4 Å². The van der Waals surface area contributed by atoms with Gasteiger partial charge in [0, 0.05) is 13.1 Å². The second-order valence-corrected chi connectivity index (χ2v) is 6.28. The molecule has 6 heteroatoms. The van der Waals surface area contributed by atoms with Gasteiger partial charge in [-0.2, -0.15) is 0 Å². The molecule has 2 N–H and O–H groups in total. The van der Waals surface area contributed by atoms with Crippen molar-refractivity contribution in [1.29, 1.82) is 0 Å². The molecule has 2 aromatic rings. The first-order chi connectivity index (χ1) is 12.1. The van der Waals surface area contributed by atoms with Crippen molar-refractivity contribution < 1.29 is 14.3 Å². The number of nitrogens with two attached hydrogens (primary N) is 1. The van der Waals surface area contributed by atoms with E-state index in [1.165, 1.54) is 5.56 Å². The SMILES string of the molecule is COc1cc2c(cc1OC)CN(C(=O)C(N)Cc1ccccc1)CC2.Cl. The molecule has 1 atom stereocenters. The van der Waals surface area contributed by atoms with Gasteiger partial charge in [-0.05, 0) is 41.7 Å². The van der Waals surface area contributed by atoms with Gasteiger partial charge in [-0.3, -0.25) is 4.79 Å². The molecule has 0 bridgehead atoms. The number of fused-ring (bicyclic) bond motifs is 1. The quantitative estimate of drug-likeness (QED) is 0.871. The van der Waals surface area contributed by atoms with Crippen molar-refractivity contribution >= 4 is 18.3 Å². The van der Waals surface area contributed by atoms with Gasteiger partial charge in [0.25, 0.3) is 0 Å². The second-order valence-electron chi connectivity index (χ2n) is 6.28. The van der Waals surface area contributed by atoms with E-state index in [0.717, 1.165) is 23.3 Å². The third-order valence-corrected chi connectivity index (χ3v) is 4.65. The Morgan fingerprint density at radius 1 is 1.12 bits per heavy atom. The zero-order valence-electron chi connectivity index (χ0n) is 15.1. The molecule has 1 unspecified atom stereocenters. The van der Waals surface area contributed by atoms with E-state index in [1.807, 2.05) is 47.4 Å². The van der Waals surface area contributed by atoms with Gasteiger partial charge in [0.05, 0.1) is 20.3 Å². The monoisotopic (exact) mass is 376 g/mol. The lowest BCUT2D eigenvalue weighted by Gasteiger charge is -2.31. The highest BCUT2D eigenvalue weighted by Gasteiger charge is 2.26. The predicted octanol–water partition coefficient (Wildman–Crippen LogP) is 2.58. The Morgan fingerprint density at radius 3 is 2.35 bits per heavy atom. The highest BCUT2D eigenvalue weighted by atomic mass is 35.5.